The van der Waals surface area contributed by atoms with Gasteiger partial charge >= 0.3 is 0 Å². The molecule has 3 N–H and O–H groups in total. The molecule has 90 valence electrons. The predicted octanol–water partition coefficient (Wildman–Crippen LogP) is 2.22. The number of nitrogen functional groups attached to an aromatic ring is 1. The second-order valence-corrected chi connectivity index (χ2v) is 4.31. The summed E-state index contributed by atoms with van der Waals surface area (Å²) in [5, 5.41) is 7.71. The highest BCUT2D eigenvalue weighted by Gasteiger charge is 2.12. The molecule has 0 spiro atoms. The number of benzene rings is 1. The lowest BCUT2D eigenvalue weighted by Crippen LogP contribution is -1.98. The van der Waals surface area contributed by atoms with Crippen LogP contribution in [0.5, 0.6) is 0 Å². The highest BCUT2D eigenvalue weighted by atomic mass is 15.2. The normalized spacial score (nSPS) is 11.0. The zero-order valence-electron chi connectivity index (χ0n) is 10.2. The van der Waals surface area contributed by atoms with Crippen molar-refractivity contribution >= 4 is 17.0 Å². The lowest BCUT2D eigenvalue weighted by Gasteiger charge is -2.09. The molecular weight excluding hydrogens is 226 g/mol. The van der Waals surface area contributed by atoms with Gasteiger partial charge in [0.2, 0.25) is 5.95 Å². The van der Waals surface area contributed by atoms with Crippen molar-refractivity contribution in [1.82, 2.24) is 20.2 Å². The standard InChI is InChI=1S/C13H13N5/c1-7-4-3-5-9(8(7)2)11-10-6-15-18-12(10)17-13(14)16-11/h3-6H,1-2H3,(H3,14,15,16,17,18). The number of hydrogen-bond donors (Lipinski definition) is 2. The summed E-state index contributed by atoms with van der Waals surface area (Å²) in [5.41, 5.74) is 10.7. The third kappa shape index (κ3) is 1.52. The van der Waals surface area contributed by atoms with Crippen LogP contribution in [0, 0.1) is 13.8 Å². The molecule has 5 nitrogen and oxygen atoms in total. The Hall–Kier alpha value is -2.43. The van der Waals surface area contributed by atoms with Crippen molar-refractivity contribution in [3.63, 3.8) is 0 Å². The van der Waals surface area contributed by atoms with E-state index in [1.165, 1.54) is 11.1 Å². The average molecular weight is 239 g/mol. The maximum absolute atomic E-state index is 5.74. The second-order valence-electron chi connectivity index (χ2n) is 4.31. The van der Waals surface area contributed by atoms with Gasteiger partial charge in [0.1, 0.15) is 0 Å². The SMILES string of the molecule is Cc1cccc(-c2nc(N)nc3[nH]ncc23)c1C. The van der Waals surface area contributed by atoms with Crippen LogP contribution in [0.3, 0.4) is 0 Å². The van der Waals surface area contributed by atoms with E-state index in [2.05, 4.69) is 40.1 Å². The van der Waals surface area contributed by atoms with Gasteiger partial charge in [-0.15, -0.1) is 0 Å². The van der Waals surface area contributed by atoms with E-state index in [9.17, 15) is 0 Å². The minimum atomic E-state index is 0.252. The van der Waals surface area contributed by atoms with Gasteiger partial charge in [-0.2, -0.15) is 10.1 Å². The number of aromatic nitrogens is 4. The molecule has 3 rings (SSSR count). The summed E-state index contributed by atoms with van der Waals surface area (Å²) >= 11 is 0. The Bertz CT molecular complexity index is 729. The van der Waals surface area contributed by atoms with Gasteiger partial charge in [0, 0.05) is 5.56 Å². The minimum absolute atomic E-state index is 0.252. The van der Waals surface area contributed by atoms with E-state index in [1.807, 2.05) is 12.1 Å². The second kappa shape index (κ2) is 3.80. The molecule has 0 radical (unpaired) electrons. The summed E-state index contributed by atoms with van der Waals surface area (Å²) in [4.78, 5) is 8.47. The fourth-order valence-electron chi connectivity index (χ4n) is 2.07. The van der Waals surface area contributed by atoms with Crippen LogP contribution in [0.25, 0.3) is 22.3 Å². The fraction of sp³-hybridized carbons (Fsp3) is 0.154. The Kier molecular flexibility index (Phi) is 2.26. The number of aromatic amines is 1. The highest BCUT2D eigenvalue weighted by Crippen LogP contribution is 2.29. The van der Waals surface area contributed by atoms with Gasteiger partial charge < -0.3 is 5.73 Å². The number of aryl methyl sites for hydroxylation is 1. The van der Waals surface area contributed by atoms with Gasteiger partial charge in [-0.3, -0.25) is 5.10 Å². The van der Waals surface area contributed by atoms with Crippen LogP contribution in [0.1, 0.15) is 11.1 Å². The van der Waals surface area contributed by atoms with Crippen molar-refractivity contribution in [2.24, 2.45) is 0 Å². The molecule has 0 amide bonds. The molecule has 0 saturated carbocycles. The average Bonchev–Trinajstić information content (AvgIpc) is 2.79. The zero-order valence-corrected chi connectivity index (χ0v) is 10.2. The number of H-pyrrole nitrogens is 1. The van der Waals surface area contributed by atoms with Crippen LogP contribution in [-0.2, 0) is 0 Å². The van der Waals surface area contributed by atoms with Gasteiger partial charge in [-0.1, -0.05) is 18.2 Å². The number of hydrogen-bond acceptors (Lipinski definition) is 4. The predicted molar refractivity (Wildman–Crippen MR) is 71.0 cm³/mol. The Morgan fingerprint density at radius 3 is 2.83 bits per heavy atom. The molecule has 0 saturated heterocycles. The van der Waals surface area contributed by atoms with Crippen molar-refractivity contribution in [2.75, 3.05) is 5.73 Å². The molecule has 0 aliphatic heterocycles. The van der Waals surface area contributed by atoms with Crippen LogP contribution < -0.4 is 5.73 Å². The molecule has 0 atom stereocenters. The summed E-state index contributed by atoms with van der Waals surface area (Å²) in [7, 11) is 0. The third-order valence-electron chi connectivity index (χ3n) is 3.19. The van der Waals surface area contributed by atoms with E-state index in [0.29, 0.717) is 5.65 Å². The molecule has 2 heterocycles. The molecule has 0 bridgehead atoms. The Balaban J connectivity index is 2.37. The lowest BCUT2D eigenvalue weighted by molar-refractivity contribution is 1.09. The van der Waals surface area contributed by atoms with Crippen molar-refractivity contribution < 1.29 is 0 Å². The van der Waals surface area contributed by atoms with Gasteiger partial charge in [0.25, 0.3) is 0 Å². The van der Waals surface area contributed by atoms with E-state index < -0.39 is 0 Å². The molecule has 18 heavy (non-hydrogen) atoms. The molecule has 0 aliphatic rings. The molecule has 0 unspecified atom stereocenters. The first-order valence-corrected chi connectivity index (χ1v) is 5.70. The van der Waals surface area contributed by atoms with Crippen LogP contribution in [-0.4, -0.2) is 20.2 Å². The zero-order chi connectivity index (χ0) is 12.7. The summed E-state index contributed by atoms with van der Waals surface area (Å²) in [5.74, 6) is 0.252. The minimum Gasteiger partial charge on any atom is -0.368 e. The Morgan fingerprint density at radius 2 is 2.00 bits per heavy atom. The van der Waals surface area contributed by atoms with E-state index in [0.717, 1.165) is 16.6 Å². The Morgan fingerprint density at radius 1 is 1.17 bits per heavy atom. The number of nitrogens with one attached hydrogen (secondary N) is 1. The monoisotopic (exact) mass is 239 g/mol. The summed E-state index contributed by atoms with van der Waals surface area (Å²) in [6.07, 6.45) is 1.73. The third-order valence-corrected chi connectivity index (χ3v) is 3.19. The summed E-state index contributed by atoms with van der Waals surface area (Å²) < 4.78 is 0. The molecule has 1 aromatic carbocycles. The summed E-state index contributed by atoms with van der Waals surface area (Å²) in [6, 6.07) is 6.13. The maximum Gasteiger partial charge on any atom is 0.222 e. The number of fused-ring (bicyclic) bond motifs is 1. The van der Waals surface area contributed by atoms with Crippen molar-refractivity contribution in [1.29, 1.82) is 0 Å². The highest BCUT2D eigenvalue weighted by molar-refractivity contribution is 5.91. The van der Waals surface area contributed by atoms with Crippen molar-refractivity contribution in [3.05, 3.63) is 35.5 Å². The number of rotatable bonds is 1. The fourth-order valence-corrected chi connectivity index (χ4v) is 2.07. The van der Waals surface area contributed by atoms with Crippen molar-refractivity contribution in [3.8, 4) is 11.3 Å². The van der Waals surface area contributed by atoms with Crippen LogP contribution in [0.4, 0.5) is 5.95 Å². The maximum atomic E-state index is 5.74. The molecule has 0 fully saturated rings. The largest absolute Gasteiger partial charge is 0.368 e. The van der Waals surface area contributed by atoms with Gasteiger partial charge in [0.05, 0.1) is 17.3 Å². The molecule has 0 aliphatic carbocycles. The van der Waals surface area contributed by atoms with Gasteiger partial charge in [0.15, 0.2) is 5.65 Å². The van der Waals surface area contributed by atoms with E-state index in [4.69, 9.17) is 5.73 Å². The first-order valence-electron chi connectivity index (χ1n) is 5.70. The molecule has 5 heteroatoms. The number of anilines is 1. The first kappa shape index (κ1) is 10.7. The first-order chi connectivity index (χ1) is 8.66. The smallest absolute Gasteiger partial charge is 0.222 e. The van der Waals surface area contributed by atoms with E-state index in [1.54, 1.807) is 6.20 Å². The van der Waals surface area contributed by atoms with Crippen LogP contribution in [0.15, 0.2) is 24.4 Å². The van der Waals surface area contributed by atoms with Gasteiger partial charge in [-0.05, 0) is 25.0 Å². The Labute approximate surface area is 104 Å². The lowest BCUT2D eigenvalue weighted by atomic mass is 9.99. The van der Waals surface area contributed by atoms with E-state index >= 15 is 0 Å². The molecule has 3 aromatic rings. The summed E-state index contributed by atoms with van der Waals surface area (Å²) in [6.45, 7) is 4.16. The van der Waals surface area contributed by atoms with Crippen molar-refractivity contribution in [2.45, 2.75) is 13.8 Å². The molecular formula is C13H13N5. The van der Waals surface area contributed by atoms with Crippen LogP contribution >= 0.6 is 0 Å². The quantitative estimate of drug-likeness (QED) is 0.682. The molecule has 2 aromatic heterocycles. The topological polar surface area (TPSA) is 80.5 Å². The van der Waals surface area contributed by atoms with Crippen LogP contribution in [0.2, 0.25) is 0 Å². The van der Waals surface area contributed by atoms with E-state index in [-0.39, 0.29) is 5.95 Å². The van der Waals surface area contributed by atoms with Gasteiger partial charge in [-0.25, -0.2) is 4.98 Å². The number of nitrogens with two attached hydrogens (primary N) is 1. The number of nitrogens with zero attached hydrogens (tertiary/aromatic N) is 3.